The van der Waals surface area contributed by atoms with E-state index in [-0.39, 0.29) is 24.5 Å². The fourth-order valence-corrected chi connectivity index (χ4v) is 3.37. The topological polar surface area (TPSA) is 104 Å². The summed E-state index contributed by atoms with van der Waals surface area (Å²) in [4.78, 5) is 12.0. The van der Waals surface area contributed by atoms with Gasteiger partial charge in [-0.05, 0) is 25.5 Å². The van der Waals surface area contributed by atoms with Crippen LogP contribution in [0.4, 0.5) is 4.79 Å². The fourth-order valence-electron chi connectivity index (χ4n) is 2.29. The van der Waals surface area contributed by atoms with E-state index < -0.39 is 28.4 Å². The molecule has 0 aliphatic carbocycles. The van der Waals surface area contributed by atoms with E-state index in [9.17, 15) is 13.2 Å². The van der Waals surface area contributed by atoms with Crippen molar-refractivity contribution in [3.8, 4) is 0 Å². The van der Waals surface area contributed by atoms with E-state index in [0.29, 0.717) is 0 Å². The van der Waals surface area contributed by atoms with Gasteiger partial charge in [0.15, 0.2) is 0 Å². The van der Waals surface area contributed by atoms with Crippen LogP contribution in [-0.4, -0.2) is 54.9 Å². The van der Waals surface area contributed by atoms with Crippen molar-refractivity contribution < 1.29 is 27.6 Å². The zero-order valence-corrected chi connectivity index (χ0v) is 12.3. The lowest BCUT2D eigenvalue weighted by Crippen LogP contribution is -2.36. The molecule has 0 radical (unpaired) electrons. The summed E-state index contributed by atoms with van der Waals surface area (Å²) < 4.78 is 29.3. The summed E-state index contributed by atoms with van der Waals surface area (Å²) in [7, 11) is -3.94. The zero-order chi connectivity index (χ0) is 15.6. The Hall–Kier alpha value is -1.64. The molecule has 2 rings (SSSR count). The van der Waals surface area contributed by atoms with Crippen LogP contribution in [0.1, 0.15) is 12.0 Å². The molecule has 8 heteroatoms. The highest BCUT2D eigenvalue weighted by molar-refractivity contribution is 7.86. The van der Waals surface area contributed by atoms with Crippen molar-refractivity contribution in [2.75, 3.05) is 13.2 Å². The molecule has 0 unspecified atom stereocenters. The molecule has 1 aliphatic heterocycles. The zero-order valence-electron chi connectivity index (χ0n) is 11.5. The first-order valence-corrected chi connectivity index (χ1v) is 7.84. The molecule has 1 fully saturated rings. The largest absolute Gasteiger partial charge is 0.465 e. The number of amides is 1. The first kappa shape index (κ1) is 15.7. The fraction of sp³-hybridized carbons (Fsp3) is 0.462. The summed E-state index contributed by atoms with van der Waals surface area (Å²) in [6.07, 6.45) is -1.84. The molecular weight excluding hydrogens is 298 g/mol. The molecule has 0 bridgehead atoms. The molecule has 116 valence electrons. The van der Waals surface area contributed by atoms with Crippen molar-refractivity contribution >= 4 is 16.2 Å². The highest BCUT2D eigenvalue weighted by atomic mass is 32.2. The van der Waals surface area contributed by atoms with Crippen LogP contribution in [0.2, 0.25) is 0 Å². The standard InChI is InChI=1S/C13H17NO6S/c1-9-2-4-12(5-3-9)21(18,19)20-11-6-10(8-15)14(7-11)13(16)17/h2-5,10-11,15H,6-8H2,1H3,(H,16,17)/t10-,11+/m1/s1. The Kier molecular flexibility index (Phi) is 4.50. The van der Waals surface area contributed by atoms with Crippen LogP contribution < -0.4 is 0 Å². The molecular formula is C13H17NO6S. The van der Waals surface area contributed by atoms with Crippen LogP contribution in [0, 0.1) is 6.92 Å². The predicted molar refractivity (Wildman–Crippen MR) is 73.5 cm³/mol. The Balaban J connectivity index is 2.11. The van der Waals surface area contributed by atoms with E-state index in [0.717, 1.165) is 10.5 Å². The van der Waals surface area contributed by atoms with Crippen molar-refractivity contribution in [2.24, 2.45) is 0 Å². The molecule has 0 saturated carbocycles. The molecule has 1 heterocycles. The number of aryl methyl sites for hydroxylation is 1. The summed E-state index contributed by atoms with van der Waals surface area (Å²) in [5.74, 6) is 0. The van der Waals surface area contributed by atoms with Gasteiger partial charge in [-0.25, -0.2) is 4.79 Å². The van der Waals surface area contributed by atoms with Crippen molar-refractivity contribution in [1.82, 2.24) is 4.90 Å². The average molecular weight is 315 g/mol. The molecule has 0 spiro atoms. The maximum Gasteiger partial charge on any atom is 0.407 e. The van der Waals surface area contributed by atoms with Crippen molar-refractivity contribution in [1.29, 1.82) is 0 Å². The van der Waals surface area contributed by atoms with E-state index in [1.54, 1.807) is 12.1 Å². The van der Waals surface area contributed by atoms with Gasteiger partial charge in [0.05, 0.1) is 30.2 Å². The number of hydrogen-bond donors (Lipinski definition) is 2. The number of carbonyl (C=O) groups is 1. The third-order valence-electron chi connectivity index (χ3n) is 3.40. The molecule has 1 amide bonds. The first-order valence-electron chi connectivity index (χ1n) is 6.44. The minimum absolute atomic E-state index is 0.0300. The Labute approximate surface area is 122 Å². The summed E-state index contributed by atoms with van der Waals surface area (Å²) >= 11 is 0. The number of rotatable bonds is 4. The smallest absolute Gasteiger partial charge is 0.407 e. The van der Waals surface area contributed by atoms with Crippen LogP contribution in [-0.2, 0) is 14.3 Å². The second-order valence-electron chi connectivity index (χ2n) is 4.99. The first-order chi connectivity index (χ1) is 9.83. The van der Waals surface area contributed by atoms with Gasteiger partial charge in [-0.3, -0.25) is 4.18 Å². The van der Waals surface area contributed by atoms with Gasteiger partial charge in [-0.2, -0.15) is 8.42 Å². The van der Waals surface area contributed by atoms with Gasteiger partial charge in [-0.15, -0.1) is 0 Å². The van der Waals surface area contributed by atoms with Crippen LogP contribution in [0.25, 0.3) is 0 Å². The number of aliphatic hydroxyl groups excluding tert-OH is 1. The molecule has 1 aromatic carbocycles. The van der Waals surface area contributed by atoms with Gasteiger partial charge >= 0.3 is 6.09 Å². The minimum atomic E-state index is -3.94. The van der Waals surface area contributed by atoms with E-state index in [4.69, 9.17) is 14.4 Å². The van der Waals surface area contributed by atoms with Crippen molar-refractivity contribution in [2.45, 2.75) is 30.4 Å². The Bertz CT molecular complexity index is 612. The van der Waals surface area contributed by atoms with Gasteiger partial charge in [0.1, 0.15) is 0 Å². The molecule has 1 saturated heterocycles. The number of hydrogen-bond acceptors (Lipinski definition) is 5. The lowest BCUT2D eigenvalue weighted by atomic mass is 10.2. The number of aliphatic hydroxyl groups is 1. The summed E-state index contributed by atoms with van der Waals surface area (Å²) in [6.45, 7) is 1.40. The van der Waals surface area contributed by atoms with E-state index >= 15 is 0 Å². The average Bonchev–Trinajstić information content (AvgIpc) is 2.81. The monoisotopic (exact) mass is 315 g/mol. The van der Waals surface area contributed by atoms with Gasteiger partial charge in [0, 0.05) is 0 Å². The van der Waals surface area contributed by atoms with Gasteiger partial charge in [-0.1, -0.05) is 17.7 Å². The quantitative estimate of drug-likeness (QED) is 0.797. The third-order valence-corrected chi connectivity index (χ3v) is 4.78. The SMILES string of the molecule is Cc1ccc(S(=O)(=O)O[C@H]2C[C@H](CO)N(C(=O)O)C2)cc1. The normalized spacial score (nSPS) is 22.5. The molecule has 2 N–H and O–H groups in total. The lowest BCUT2D eigenvalue weighted by Gasteiger charge is -2.18. The summed E-state index contributed by atoms with van der Waals surface area (Å²) in [6, 6.07) is 5.56. The van der Waals surface area contributed by atoms with Gasteiger partial charge in [0.2, 0.25) is 0 Å². The summed E-state index contributed by atoms with van der Waals surface area (Å²) in [5.41, 5.74) is 0.923. The van der Waals surface area contributed by atoms with Crippen LogP contribution in [0.5, 0.6) is 0 Å². The molecule has 1 aromatic rings. The molecule has 0 aromatic heterocycles. The molecule has 2 atom stereocenters. The second-order valence-corrected chi connectivity index (χ2v) is 6.56. The Morgan fingerprint density at radius 3 is 2.48 bits per heavy atom. The summed E-state index contributed by atoms with van der Waals surface area (Å²) in [5, 5.41) is 18.1. The number of likely N-dealkylation sites (tertiary alicyclic amines) is 1. The number of carboxylic acid groups (broad SMARTS) is 1. The Morgan fingerprint density at radius 2 is 2.00 bits per heavy atom. The van der Waals surface area contributed by atoms with Crippen LogP contribution >= 0.6 is 0 Å². The highest BCUT2D eigenvalue weighted by Crippen LogP contribution is 2.24. The number of benzene rings is 1. The predicted octanol–water partition coefficient (Wildman–Crippen LogP) is 0.814. The van der Waals surface area contributed by atoms with E-state index in [1.165, 1.54) is 12.1 Å². The van der Waals surface area contributed by atoms with Crippen LogP contribution in [0.15, 0.2) is 29.2 Å². The van der Waals surface area contributed by atoms with E-state index in [2.05, 4.69) is 0 Å². The minimum Gasteiger partial charge on any atom is -0.465 e. The Morgan fingerprint density at radius 1 is 1.38 bits per heavy atom. The molecule has 7 nitrogen and oxygen atoms in total. The van der Waals surface area contributed by atoms with Crippen LogP contribution in [0.3, 0.4) is 0 Å². The molecule has 21 heavy (non-hydrogen) atoms. The lowest BCUT2D eigenvalue weighted by molar-refractivity contribution is 0.116. The molecule has 1 aliphatic rings. The van der Waals surface area contributed by atoms with E-state index in [1.807, 2.05) is 6.92 Å². The van der Waals surface area contributed by atoms with Crippen molar-refractivity contribution in [3.05, 3.63) is 29.8 Å². The van der Waals surface area contributed by atoms with Gasteiger partial charge in [0.25, 0.3) is 10.1 Å². The van der Waals surface area contributed by atoms with Crippen molar-refractivity contribution in [3.63, 3.8) is 0 Å². The maximum atomic E-state index is 12.1. The second kappa shape index (κ2) is 6.00. The maximum absolute atomic E-state index is 12.1. The third kappa shape index (κ3) is 3.52. The highest BCUT2D eigenvalue weighted by Gasteiger charge is 2.38. The number of nitrogens with zero attached hydrogens (tertiary/aromatic N) is 1. The van der Waals surface area contributed by atoms with Gasteiger partial charge < -0.3 is 15.1 Å².